The first-order valence-corrected chi connectivity index (χ1v) is 9.08. The van der Waals surface area contributed by atoms with Gasteiger partial charge >= 0.3 is 0 Å². The van der Waals surface area contributed by atoms with Crippen molar-refractivity contribution in [2.24, 2.45) is 0 Å². The van der Waals surface area contributed by atoms with Gasteiger partial charge in [0.05, 0.1) is 12.0 Å². The fourth-order valence-corrected chi connectivity index (χ4v) is 3.25. The molecule has 4 N–H and O–H groups in total. The van der Waals surface area contributed by atoms with Crippen LogP contribution in [0, 0.1) is 0 Å². The summed E-state index contributed by atoms with van der Waals surface area (Å²) in [6.45, 7) is -0.558. The van der Waals surface area contributed by atoms with Gasteiger partial charge in [0.1, 0.15) is 41.5 Å². The highest BCUT2D eigenvalue weighted by molar-refractivity contribution is 5.80. The summed E-state index contributed by atoms with van der Waals surface area (Å²) in [7, 11) is 0. The average molecular weight is 400 g/mol. The third-order valence-corrected chi connectivity index (χ3v) is 4.86. The van der Waals surface area contributed by atoms with Crippen LogP contribution in [0.3, 0.4) is 0 Å². The van der Waals surface area contributed by atoms with E-state index in [1.807, 2.05) is 30.3 Å². The van der Waals surface area contributed by atoms with E-state index >= 15 is 0 Å². The fourth-order valence-electron chi connectivity index (χ4n) is 3.25. The molecule has 0 spiro atoms. The molecule has 8 nitrogen and oxygen atoms in total. The number of aliphatic hydroxyl groups excluding tert-OH is 4. The minimum atomic E-state index is -1.55. The van der Waals surface area contributed by atoms with Gasteiger partial charge in [-0.25, -0.2) is 0 Å². The largest absolute Gasteiger partial charge is 0.462 e. The number of fused-ring (bicyclic) bond motifs is 1. The molecular weight excluding hydrogens is 380 g/mol. The Kier molecular flexibility index (Phi) is 5.35. The Morgan fingerprint density at radius 2 is 1.69 bits per heavy atom. The molecule has 1 saturated heterocycles. The van der Waals surface area contributed by atoms with Crippen molar-refractivity contribution in [3.63, 3.8) is 0 Å². The summed E-state index contributed by atoms with van der Waals surface area (Å²) in [5, 5.41) is 39.5. The average Bonchev–Trinajstić information content (AvgIpc) is 2.74. The number of rotatable bonds is 4. The van der Waals surface area contributed by atoms with Gasteiger partial charge < -0.3 is 34.3 Å². The maximum atomic E-state index is 12.4. The molecule has 1 aromatic heterocycles. The molecule has 0 amide bonds. The summed E-state index contributed by atoms with van der Waals surface area (Å²) in [6, 6.07) is 15.1. The van der Waals surface area contributed by atoms with Gasteiger partial charge in [-0.3, -0.25) is 4.79 Å². The number of aliphatic hydroxyl groups is 4. The lowest BCUT2D eigenvalue weighted by molar-refractivity contribution is -0.277. The van der Waals surface area contributed by atoms with E-state index in [9.17, 15) is 25.2 Å². The van der Waals surface area contributed by atoms with Gasteiger partial charge in [-0.2, -0.15) is 0 Å². The van der Waals surface area contributed by atoms with Crippen LogP contribution in [0.25, 0.3) is 22.3 Å². The Morgan fingerprint density at radius 3 is 2.41 bits per heavy atom. The van der Waals surface area contributed by atoms with Crippen LogP contribution in [-0.4, -0.2) is 57.7 Å². The smallest absolute Gasteiger partial charge is 0.229 e. The van der Waals surface area contributed by atoms with Crippen LogP contribution in [0.15, 0.2) is 63.8 Å². The van der Waals surface area contributed by atoms with E-state index in [2.05, 4.69) is 0 Å². The van der Waals surface area contributed by atoms with Crippen molar-refractivity contribution in [3.05, 3.63) is 64.8 Å². The molecule has 2 heterocycles. The molecule has 0 unspecified atom stereocenters. The normalized spacial score (nSPS) is 27.1. The third-order valence-electron chi connectivity index (χ3n) is 4.86. The lowest BCUT2D eigenvalue weighted by Gasteiger charge is -2.39. The maximum absolute atomic E-state index is 12.4. The Balaban J connectivity index is 1.66. The zero-order valence-electron chi connectivity index (χ0n) is 15.2. The second kappa shape index (κ2) is 7.94. The molecule has 152 valence electrons. The predicted molar refractivity (Wildman–Crippen MR) is 102 cm³/mol. The lowest BCUT2D eigenvalue weighted by Crippen LogP contribution is -2.60. The molecule has 3 aromatic rings. The molecule has 0 bridgehead atoms. The second-order valence-corrected chi connectivity index (χ2v) is 6.81. The summed E-state index contributed by atoms with van der Waals surface area (Å²) in [5.74, 6) is 0.614. The highest BCUT2D eigenvalue weighted by Gasteiger charge is 2.44. The van der Waals surface area contributed by atoms with Gasteiger partial charge in [-0.1, -0.05) is 30.3 Å². The Hall–Kier alpha value is -2.75. The van der Waals surface area contributed by atoms with E-state index in [1.165, 1.54) is 24.3 Å². The van der Waals surface area contributed by atoms with Crippen LogP contribution in [0.4, 0.5) is 0 Å². The van der Waals surface area contributed by atoms with Crippen LogP contribution >= 0.6 is 0 Å². The van der Waals surface area contributed by atoms with Gasteiger partial charge in [-0.05, 0) is 12.1 Å². The lowest BCUT2D eigenvalue weighted by atomic mass is 9.99. The summed E-state index contributed by atoms with van der Waals surface area (Å²) >= 11 is 0. The zero-order chi connectivity index (χ0) is 20.5. The molecule has 1 fully saturated rings. The molecule has 29 heavy (non-hydrogen) atoms. The standard InChI is InChI=1S/C21H20O8/c22-10-17-18(24)19(25)20(26)21(29-17)27-12-6-7-13-14(23)9-15(28-16(13)8-12)11-4-2-1-3-5-11/h1-9,17-22,24-26H,10H2/t17-,18-,19+,20-,21-/m0/s1. The van der Waals surface area contributed by atoms with E-state index in [4.69, 9.17) is 13.9 Å². The van der Waals surface area contributed by atoms with Crippen LogP contribution in [0.5, 0.6) is 5.75 Å². The predicted octanol–water partition coefficient (Wildman–Crippen LogP) is 0.639. The molecular formula is C21H20O8. The minimum absolute atomic E-state index is 0.218. The summed E-state index contributed by atoms with van der Waals surface area (Å²) < 4.78 is 16.8. The molecule has 1 aliphatic rings. The van der Waals surface area contributed by atoms with Crippen molar-refractivity contribution < 1.29 is 34.3 Å². The summed E-state index contributed by atoms with van der Waals surface area (Å²) in [6.07, 6.45) is -6.97. The molecule has 0 saturated carbocycles. The van der Waals surface area contributed by atoms with Gasteiger partial charge in [0.25, 0.3) is 0 Å². The first-order valence-electron chi connectivity index (χ1n) is 9.08. The topological polar surface area (TPSA) is 130 Å². The maximum Gasteiger partial charge on any atom is 0.229 e. The first-order chi connectivity index (χ1) is 14.0. The number of ether oxygens (including phenoxy) is 2. The van der Waals surface area contributed by atoms with E-state index in [0.29, 0.717) is 11.1 Å². The molecule has 5 atom stereocenters. The van der Waals surface area contributed by atoms with E-state index < -0.39 is 37.3 Å². The van der Waals surface area contributed by atoms with Crippen LogP contribution in [0.1, 0.15) is 0 Å². The van der Waals surface area contributed by atoms with Gasteiger partial charge in [-0.15, -0.1) is 0 Å². The SMILES string of the molecule is O=c1cc(-c2ccccc2)oc2cc(O[C@H]3O[C@@H](CO)[C@H](O)[C@@H](O)[C@@H]3O)ccc12. The van der Waals surface area contributed by atoms with Crippen LogP contribution < -0.4 is 10.2 Å². The van der Waals surface area contributed by atoms with Crippen molar-refractivity contribution in [1.82, 2.24) is 0 Å². The minimum Gasteiger partial charge on any atom is -0.462 e. The van der Waals surface area contributed by atoms with Crippen molar-refractivity contribution in [1.29, 1.82) is 0 Å². The molecule has 8 heteroatoms. The number of hydrogen-bond donors (Lipinski definition) is 4. The van der Waals surface area contributed by atoms with Gasteiger partial charge in [0.2, 0.25) is 6.29 Å². The molecule has 2 aromatic carbocycles. The molecule has 1 aliphatic heterocycles. The Bertz CT molecular complexity index is 1050. The van der Waals surface area contributed by atoms with E-state index in [1.54, 1.807) is 0 Å². The molecule has 0 radical (unpaired) electrons. The van der Waals surface area contributed by atoms with Crippen LogP contribution in [-0.2, 0) is 4.74 Å². The van der Waals surface area contributed by atoms with Gasteiger partial charge in [0.15, 0.2) is 5.43 Å². The summed E-state index contributed by atoms with van der Waals surface area (Å²) in [5.41, 5.74) is 0.801. The quantitative estimate of drug-likeness (QED) is 0.502. The zero-order valence-corrected chi connectivity index (χ0v) is 15.2. The van der Waals surface area contributed by atoms with Crippen molar-refractivity contribution in [3.8, 4) is 17.1 Å². The number of benzene rings is 2. The summed E-state index contributed by atoms with van der Waals surface area (Å²) in [4.78, 5) is 12.4. The molecule has 0 aliphatic carbocycles. The van der Waals surface area contributed by atoms with Gasteiger partial charge in [0, 0.05) is 17.7 Å². The number of hydrogen-bond acceptors (Lipinski definition) is 8. The van der Waals surface area contributed by atoms with Crippen molar-refractivity contribution in [2.45, 2.75) is 30.7 Å². The third kappa shape index (κ3) is 3.76. The Labute approximate surface area is 165 Å². The van der Waals surface area contributed by atoms with E-state index in [-0.39, 0.29) is 16.8 Å². The first kappa shape index (κ1) is 19.6. The monoisotopic (exact) mass is 400 g/mol. The van der Waals surface area contributed by atoms with Crippen molar-refractivity contribution >= 4 is 11.0 Å². The fraction of sp³-hybridized carbons (Fsp3) is 0.286. The molecule has 4 rings (SSSR count). The van der Waals surface area contributed by atoms with Crippen LogP contribution in [0.2, 0.25) is 0 Å². The van der Waals surface area contributed by atoms with Crippen molar-refractivity contribution in [2.75, 3.05) is 6.61 Å². The van der Waals surface area contributed by atoms with E-state index in [0.717, 1.165) is 5.56 Å². The highest BCUT2D eigenvalue weighted by atomic mass is 16.7. The second-order valence-electron chi connectivity index (χ2n) is 6.81. The Morgan fingerprint density at radius 1 is 0.931 bits per heavy atom. The highest BCUT2D eigenvalue weighted by Crippen LogP contribution is 2.28.